The molecule has 25 heavy (non-hydrogen) atoms. The summed E-state index contributed by atoms with van der Waals surface area (Å²) < 4.78 is 0. The minimum Gasteiger partial charge on any atom is -0.396 e. The van der Waals surface area contributed by atoms with Crippen molar-refractivity contribution in [2.45, 2.75) is 26.2 Å². The van der Waals surface area contributed by atoms with Crippen molar-refractivity contribution in [1.29, 1.82) is 0 Å². The Morgan fingerprint density at radius 2 is 1.72 bits per heavy atom. The number of benzene rings is 2. The molecule has 2 aromatic carbocycles. The monoisotopic (exact) mass is 340 g/mol. The molecule has 3 N–H and O–H groups in total. The van der Waals surface area contributed by atoms with E-state index < -0.39 is 11.8 Å². The average molecular weight is 340 g/mol. The van der Waals surface area contributed by atoms with E-state index in [2.05, 4.69) is 10.6 Å². The Bertz CT molecular complexity index is 729. The Morgan fingerprint density at radius 3 is 2.40 bits per heavy atom. The summed E-state index contributed by atoms with van der Waals surface area (Å²) >= 11 is 0. The minimum atomic E-state index is -0.690. The summed E-state index contributed by atoms with van der Waals surface area (Å²) in [7, 11) is 0. The molecule has 5 heteroatoms. The summed E-state index contributed by atoms with van der Waals surface area (Å²) in [6.07, 6.45) is 0.517. The number of carbonyl (C=O) groups excluding carboxylic acids is 2. The van der Waals surface area contributed by atoms with Gasteiger partial charge in [0, 0.05) is 24.8 Å². The molecule has 0 spiro atoms. The molecule has 0 aliphatic heterocycles. The largest absolute Gasteiger partial charge is 0.396 e. The number of carbonyl (C=O) groups is 2. The molecule has 0 aliphatic carbocycles. The fourth-order valence-corrected chi connectivity index (χ4v) is 2.63. The second-order valence-corrected chi connectivity index (χ2v) is 6.03. The van der Waals surface area contributed by atoms with Gasteiger partial charge in [-0.05, 0) is 43.0 Å². The zero-order valence-corrected chi connectivity index (χ0v) is 14.6. The van der Waals surface area contributed by atoms with E-state index in [1.54, 1.807) is 6.07 Å². The van der Waals surface area contributed by atoms with Crippen LogP contribution in [0.15, 0.2) is 48.5 Å². The van der Waals surface area contributed by atoms with Gasteiger partial charge >= 0.3 is 11.8 Å². The quantitative estimate of drug-likeness (QED) is 0.707. The van der Waals surface area contributed by atoms with Gasteiger partial charge < -0.3 is 15.7 Å². The van der Waals surface area contributed by atoms with Gasteiger partial charge in [-0.15, -0.1) is 0 Å². The van der Waals surface area contributed by atoms with Crippen LogP contribution in [0.4, 0.5) is 5.69 Å². The first-order valence-electron chi connectivity index (χ1n) is 8.34. The lowest BCUT2D eigenvalue weighted by molar-refractivity contribution is -0.136. The van der Waals surface area contributed by atoms with Gasteiger partial charge in [-0.2, -0.15) is 0 Å². The van der Waals surface area contributed by atoms with Gasteiger partial charge in [0.1, 0.15) is 0 Å². The Balaban J connectivity index is 1.96. The number of nitrogens with one attached hydrogen (secondary N) is 2. The lowest BCUT2D eigenvalue weighted by Crippen LogP contribution is -2.38. The second-order valence-electron chi connectivity index (χ2n) is 6.03. The number of aliphatic hydroxyl groups is 1. The highest BCUT2D eigenvalue weighted by molar-refractivity contribution is 6.39. The number of amides is 2. The van der Waals surface area contributed by atoms with Crippen molar-refractivity contribution in [2.75, 3.05) is 18.5 Å². The maximum atomic E-state index is 12.1. The number of rotatable bonds is 6. The van der Waals surface area contributed by atoms with E-state index in [4.69, 9.17) is 0 Å². The molecule has 0 fully saturated rings. The summed E-state index contributed by atoms with van der Waals surface area (Å²) in [5.41, 5.74) is 3.64. The third-order valence-corrected chi connectivity index (χ3v) is 4.32. The molecule has 0 bridgehead atoms. The van der Waals surface area contributed by atoms with Gasteiger partial charge in [-0.1, -0.05) is 42.5 Å². The van der Waals surface area contributed by atoms with Crippen molar-refractivity contribution in [2.24, 2.45) is 0 Å². The van der Waals surface area contributed by atoms with Crippen LogP contribution in [0, 0.1) is 13.8 Å². The van der Waals surface area contributed by atoms with Crippen LogP contribution in [0.3, 0.4) is 0 Å². The summed E-state index contributed by atoms with van der Waals surface area (Å²) in [6.45, 7) is 4.16. The minimum absolute atomic E-state index is 0.0180. The van der Waals surface area contributed by atoms with Crippen LogP contribution in [0.25, 0.3) is 0 Å². The zero-order chi connectivity index (χ0) is 18.2. The highest BCUT2D eigenvalue weighted by Gasteiger charge is 2.18. The average Bonchev–Trinajstić information content (AvgIpc) is 2.63. The van der Waals surface area contributed by atoms with Crippen LogP contribution in [-0.4, -0.2) is 30.1 Å². The van der Waals surface area contributed by atoms with Crippen LogP contribution in [0.1, 0.15) is 29.0 Å². The van der Waals surface area contributed by atoms with Crippen molar-refractivity contribution >= 4 is 17.5 Å². The number of aliphatic hydroxyl groups excluding tert-OH is 1. The SMILES string of the molecule is Cc1cccc(NC(=O)C(=O)NC[C@H](CCO)c2ccccc2)c1C. The normalized spacial score (nSPS) is 11.6. The maximum absolute atomic E-state index is 12.1. The molecule has 132 valence electrons. The Hall–Kier alpha value is -2.66. The number of hydrogen-bond acceptors (Lipinski definition) is 3. The summed E-state index contributed by atoms with van der Waals surface area (Å²) in [4.78, 5) is 24.2. The highest BCUT2D eigenvalue weighted by Crippen LogP contribution is 2.19. The van der Waals surface area contributed by atoms with Crippen LogP contribution >= 0.6 is 0 Å². The molecule has 0 radical (unpaired) electrons. The van der Waals surface area contributed by atoms with E-state index in [1.807, 2.05) is 56.3 Å². The van der Waals surface area contributed by atoms with Gasteiger partial charge in [-0.3, -0.25) is 9.59 Å². The van der Waals surface area contributed by atoms with Crippen molar-refractivity contribution in [3.05, 3.63) is 65.2 Å². The molecule has 0 saturated heterocycles. The fourth-order valence-electron chi connectivity index (χ4n) is 2.63. The predicted molar refractivity (Wildman–Crippen MR) is 98.4 cm³/mol. The first kappa shape index (κ1) is 18.7. The lowest BCUT2D eigenvalue weighted by Gasteiger charge is -2.17. The van der Waals surface area contributed by atoms with Crippen molar-refractivity contribution in [1.82, 2.24) is 5.32 Å². The molecule has 5 nitrogen and oxygen atoms in total. The predicted octanol–water partition coefficient (Wildman–Crippen LogP) is 2.52. The molecule has 0 heterocycles. The van der Waals surface area contributed by atoms with Crippen molar-refractivity contribution < 1.29 is 14.7 Å². The van der Waals surface area contributed by atoms with Crippen molar-refractivity contribution in [3.8, 4) is 0 Å². The third-order valence-electron chi connectivity index (χ3n) is 4.32. The molecule has 0 aliphatic rings. The third kappa shape index (κ3) is 5.16. The Morgan fingerprint density at radius 1 is 1.00 bits per heavy atom. The van der Waals surface area contributed by atoms with E-state index in [1.165, 1.54) is 0 Å². The second kappa shape index (κ2) is 8.99. The standard InChI is InChI=1S/C20H24N2O3/c1-14-7-6-10-18(15(14)2)22-20(25)19(24)21-13-17(11-12-23)16-8-4-3-5-9-16/h3-10,17,23H,11-13H2,1-2H3,(H,21,24)(H,22,25)/t17-/m0/s1. The molecule has 0 saturated carbocycles. The van der Waals surface area contributed by atoms with Gasteiger partial charge in [0.25, 0.3) is 0 Å². The van der Waals surface area contributed by atoms with Gasteiger partial charge in [-0.25, -0.2) is 0 Å². The summed E-state index contributed by atoms with van der Waals surface area (Å²) in [5, 5.41) is 14.5. The van der Waals surface area contributed by atoms with E-state index in [0.29, 0.717) is 18.7 Å². The number of hydrogen-bond donors (Lipinski definition) is 3. The molecular formula is C20H24N2O3. The maximum Gasteiger partial charge on any atom is 0.313 e. The first-order valence-corrected chi connectivity index (χ1v) is 8.34. The van der Waals surface area contributed by atoms with Gasteiger partial charge in [0.05, 0.1) is 0 Å². The van der Waals surface area contributed by atoms with Gasteiger partial charge in [0.2, 0.25) is 0 Å². The molecule has 2 rings (SSSR count). The molecule has 0 unspecified atom stereocenters. The topological polar surface area (TPSA) is 78.4 Å². The van der Waals surface area contributed by atoms with Gasteiger partial charge in [0.15, 0.2) is 0 Å². The summed E-state index contributed by atoms with van der Waals surface area (Å²) in [6, 6.07) is 15.2. The Kier molecular flexibility index (Phi) is 6.71. The first-order chi connectivity index (χ1) is 12.0. The van der Waals surface area contributed by atoms with Crippen LogP contribution in [0.2, 0.25) is 0 Å². The van der Waals surface area contributed by atoms with Crippen LogP contribution < -0.4 is 10.6 Å². The summed E-state index contributed by atoms with van der Waals surface area (Å²) in [5.74, 6) is -1.41. The molecular weight excluding hydrogens is 316 g/mol. The molecule has 1 atom stereocenters. The van der Waals surface area contributed by atoms with E-state index in [9.17, 15) is 14.7 Å². The van der Waals surface area contributed by atoms with Crippen LogP contribution in [0.5, 0.6) is 0 Å². The molecule has 2 aromatic rings. The lowest BCUT2D eigenvalue weighted by atomic mass is 9.96. The number of aryl methyl sites for hydroxylation is 1. The molecule has 0 aromatic heterocycles. The molecule has 2 amide bonds. The smallest absolute Gasteiger partial charge is 0.313 e. The fraction of sp³-hybridized carbons (Fsp3) is 0.300. The number of anilines is 1. The Labute approximate surface area is 148 Å². The van der Waals surface area contributed by atoms with E-state index in [-0.39, 0.29) is 12.5 Å². The van der Waals surface area contributed by atoms with E-state index in [0.717, 1.165) is 16.7 Å². The van der Waals surface area contributed by atoms with E-state index >= 15 is 0 Å². The zero-order valence-electron chi connectivity index (χ0n) is 14.6. The highest BCUT2D eigenvalue weighted by atomic mass is 16.3. The van der Waals surface area contributed by atoms with Crippen molar-refractivity contribution in [3.63, 3.8) is 0 Å². The van der Waals surface area contributed by atoms with Crippen LogP contribution in [-0.2, 0) is 9.59 Å².